The normalized spacial score (nSPS) is 19.4. The molecule has 3 N–H and O–H groups in total. The van der Waals surface area contributed by atoms with Crippen molar-refractivity contribution in [1.82, 2.24) is 4.90 Å². The lowest BCUT2D eigenvalue weighted by atomic mass is 10.2. The smallest absolute Gasteiger partial charge is 0.410 e. The van der Waals surface area contributed by atoms with E-state index in [-0.39, 0.29) is 18.0 Å². The molecule has 0 aliphatic carbocycles. The summed E-state index contributed by atoms with van der Waals surface area (Å²) in [7, 11) is 0. The van der Waals surface area contributed by atoms with Crippen molar-refractivity contribution < 1.29 is 9.53 Å². The van der Waals surface area contributed by atoms with Crippen molar-refractivity contribution in [3.05, 3.63) is 0 Å². The fourth-order valence-corrected chi connectivity index (χ4v) is 1.63. The van der Waals surface area contributed by atoms with E-state index in [4.69, 9.17) is 15.9 Å². The SMILES string of the molecule is CC.CC(C)(C)OC(=O)N1CCCC1C(=N)N. The van der Waals surface area contributed by atoms with Crippen molar-refractivity contribution in [1.29, 1.82) is 5.41 Å². The Labute approximate surface area is 104 Å². The first-order chi connectivity index (χ1) is 7.81. The van der Waals surface area contributed by atoms with Crippen LogP contribution in [0.5, 0.6) is 0 Å². The van der Waals surface area contributed by atoms with Gasteiger partial charge in [0.1, 0.15) is 11.4 Å². The largest absolute Gasteiger partial charge is 0.444 e. The van der Waals surface area contributed by atoms with E-state index in [0.717, 1.165) is 12.8 Å². The van der Waals surface area contributed by atoms with Crippen LogP contribution in [-0.4, -0.2) is 35.0 Å². The first-order valence-electron chi connectivity index (χ1n) is 6.15. The van der Waals surface area contributed by atoms with Crippen LogP contribution in [0.4, 0.5) is 4.79 Å². The van der Waals surface area contributed by atoms with Gasteiger partial charge in [-0.1, -0.05) is 13.8 Å². The van der Waals surface area contributed by atoms with Crippen LogP contribution in [0, 0.1) is 5.41 Å². The molecular formula is C12H25N3O2. The predicted molar refractivity (Wildman–Crippen MR) is 69.2 cm³/mol. The second-order valence-electron chi connectivity index (χ2n) is 4.79. The summed E-state index contributed by atoms with van der Waals surface area (Å²) in [6.45, 7) is 10.1. The molecule has 0 aromatic heterocycles. The van der Waals surface area contributed by atoms with Crippen LogP contribution in [0.25, 0.3) is 0 Å². The van der Waals surface area contributed by atoms with Gasteiger partial charge in [0.15, 0.2) is 0 Å². The second-order valence-corrected chi connectivity index (χ2v) is 4.79. The molecular weight excluding hydrogens is 218 g/mol. The van der Waals surface area contributed by atoms with Gasteiger partial charge in [-0.05, 0) is 33.6 Å². The van der Waals surface area contributed by atoms with Gasteiger partial charge in [0.25, 0.3) is 0 Å². The van der Waals surface area contributed by atoms with Gasteiger partial charge in [-0.3, -0.25) is 10.3 Å². The average Bonchev–Trinajstić information content (AvgIpc) is 2.66. The molecule has 0 saturated carbocycles. The molecule has 0 spiro atoms. The molecule has 1 atom stereocenters. The van der Waals surface area contributed by atoms with Crippen LogP contribution < -0.4 is 5.73 Å². The first kappa shape index (κ1) is 15.7. The fraction of sp³-hybridized carbons (Fsp3) is 0.833. The van der Waals surface area contributed by atoms with E-state index < -0.39 is 5.60 Å². The lowest BCUT2D eigenvalue weighted by molar-refractivity contribution is 0.0265. The Morgan fingerprint density at radius 2 is 1.94 bits per heavy atom. The number of hydrogen-bond acceptors (Lipinski definition) is 3. The van der Waals surface area contributed by atoms with E-state index >= 15 is 0 Å². The molecule has 17 heavy (non-hydrogen) atoms. The lowest BCUT2D eigenvalue weighted by Gasteiger charge is -2.27. The van der Waals surface area contributed by atoms with Crippen molar-refractivity contribution in [3.8, 4) is 0 Å². The molecule has 1 aliphatic rings. The standard InChI is InChI=1S/C10H19N3O2.C2H6/c1-10(2,3)15-9(14)13-6-4-5-7(13)8(11)12;1-2/h7H,4-6H2,1-3H3,(H3,11,12);1-2H3. The number of amides is 1. The maximum Gasteiger partial charge on any atom is 0.410 e. The van der Waals surface area contributed by atoms with E-state index in [2.05, 4.69) is 0 Å². The summed E-state index contributed by atoms with van der Waals surface area (Å²) in [4.78, 5) is 13.3. The van der Waals surface area contributed by atoms with Crippen LogP contribution in [0.15, 0.2) is 0 Å². The molecule has 0 aromatic carbocycles. The Hall–Kier alpha value is -1.26. The molecule has 5 nitrogen and oxygen atoms in total. The van der Waals surface area contributed by atoms with E-state index in [9.17, 15) is 4.79 Å². The minimum Gasteiger partial charge on any atom is -0.444 e. The summed E-state index contributed by atoms with van der Waals surface area (Å²) in [5.74, 6) is 0.0401. The highest BCUT2D eigenvalue weighted by Crippen LogP contribution is 2.20. The van der Waals surface area contributed by atoms with Crippen LogP contribution in [0.1, 0.15) is 47.5 Å². The van der Waals surface area contributed by atoms with Crippen molar-refractivity contribution in [2.45, 2.75) is 59.1 Å². The molecule has 1 unspecified atom stereocenters. The molecule has 1 rings (SSSR count). The first-order valence-corrected chi connectivity index (χ1v) is 6.15. The Kier molecular flexibility index (Phi) is 5.99. The van der Waals surface area contributed by atoms with Gasteiger partial charge < -0.3 is 10.5 Å². The highest BCUT2D eigenvalue weighted by molar-refractivity contribution is 5.87. The van der Waals surface area contributed by atoms with Gasteiger partial charge in [-0.15, -0.1) is 0 Å². The summed E-state index contributed by atoms with van der Waals surface area (Å²) in [6, 6.07) is -0.278. The molecule has 0 bridgehead atoms. The molecule has 1 aliphatic heterocycles. The third-order valence-electron chi connectivity index (χ3n) is 2.24. The third-order valence-corrected chi connectivity index (χ3v) is 2.24. The Morgan fingerprint density at radius 3 is 2.35 bits per heavy atom. The monoisotopic (exact) mass is 243 g/mol. The van der Waals surface area contributed by atoms with Gasteiger partial charge in [-0.25, -0.2) is 4.79 Å². The number of amidine groups is 1. The van der Waals surface area contributed by atoms with Crippen molar-refractivity contribution >= 4 is 11.9 Å². The quantitative estimate of drug-likeness (QED) is 0.548. The topological polar surface area (TPSA) is 79.4 Å². The molecule has 0 radical (unpaired) electrons. The molecule has 5 heteroatoms. The minimum atomic E-state index is -0.499. The third kappa shape index (κ3) is 5.06. The van der Waals surface area contributed by atoms with Crippen LogP contribution in [-0.2, 0) is 4.74 Å². The number of carbonyl (C=O) groups is 1. The maximum absolute atomic E-state index is 11.7. The van der Waals surface area contributed by atoms with Gasteiger partial charge >= 0.3 is 6.09 Å². The Morgan fingerprint density at radius 1 is 1.41 bits per heavy atom. The number of rotatable bonds is 1. The van der Waals surface area contributed by atoms with Crippen molar-refractivity contribution in [2.75, 3.05) is 6.54 Å². The fourth-order valence-electron chi connectivity index (χ4n) is 1.63. The summed E-state index contributed by atoms with van der Waals surface area (Å²) >= 11 is 0. The summed E-state index contributed by atoms with van der Waals surface area (Å²) in [5, 5.41) is 7.37. The van der Waals surface area contributed by atoms with E-state index in [0.29, 0.717) is 6.54 Å². The summed E-state index contributed by atoms with van der Waals surface area (Å²) in [6.07, 6.45) is 1.26. The Balaban J connectivity index is 0.00000121. The molecule has 1 saturated heterocycles. The Bertz CT molecular complexity index is 271. The van der Waals surface area contributed by atoms with Crippen LogP contribution >= 0.6 is 0 Å². The van der Waals surface area contributed by atoms with Crippen LogP contribution in [0.2, 0.25) is 0 Å². The predicted octanol–water partition coefficient (Wildman–Crippen LogP) is 2.35. The number of hydrogen-bond donors (Lipinski definition) is 2. The van der Waals surface area contributed by atoms with Crippen molar-refractivity contribution in [3.63, 3.8) is 0 Å². The highest BCUT2D eigenvalue weighted by Gasteiger charge is 2.33. The summed E-state index contributed by atoms with van der Waals surface area (Å²) in [5.41, 5.74) is 4.92. The maximum atomic E-state index is 11.7. The molecule has 1 heterocycles. The molecule has 1 amide bonds. The van der Waals surface area contributed by atoms with E-state index in [1.54, 1.807) is 0 Å². The average molecular weight is 243 g/mol. The van der Waals surface area contributed by atoms with E-state index in [1.165, 1.54) is 4.90 Å². The number of likely N-dealkylation sites (tertiary alicyclic amines) is 1. The van der Waals surface area contributed by atoms with Gasteiger partial charge in [-0.2, -0.15) is 0 Å². The van der Waals surface area contributed by atoms with E-state index in [1.807, 2.05) is 34.6 Å². The summed E-state index contributed by atoms with van der Waals surface area (Å²) < 4.78 is 5.24. The molecule has 0 aromatic rings. The van der Waals surface area contributed by atoms with Gasteiger partial charge in [0.2, 0.25) is 0 Å². The zero-order valence-corrected chi connectivity index (χ0v) is 11.5. The minimum absolute atomic E-state index is 0.0401. The highest BCUT2D eigenvalue weighted by atomic mass is 16.6. The number of nitrogens with two attached hydrogens (primary N) is 1. The van der Waals surface area contributed by atoms with Gasteiger partial charge in [0, 0.05) is 6.54 Å². The number of ether oxygens (including phenoxy) is 1. The molecule has 1 fully saturated rings. The lowest BCUT2D eigenvalue weighted by Crippen LogP contribution is -2.45. The number of nitrogens with one attached hydrogen (secondary N) is 1. The molecule has 100 valence electrons. The van der Waals surface area contributed by atoms with Gasteiger partial charge in [0.05, 0.1) is 6.04 Å². The zero-order chi connectivity index (χ0) is 13.6. The van der Waals surface area contributed by atoms with Crippen LogP contribution in [0.3, 0.4) is 0 Å². The second kappa shape index (κ2) is 6.47. The van der Waals surface area contributed by atoms with Crippen molar-refractivity contribution in [2.24, 2.45) is 5.73 Å². The number of carbonyl (C=O) groups excluding carboxylic acids is 1. The number of nitrogens with zero attached hydrogens (tertiary/aromatic N) is 1. The zero-order valence-electron chi connectivity index (χ0n) is 11.5.